The Balaban J connectivity index is 2.34. The van der Waals surface area contributed by atoms with Crippen LogP contribution in [0.1, 0.15) is 23.5 Å². The lowest BCUT2D eigenvalue weighted by Gasteiger charge is -2.13. The van der Waals surface area contributed by atoms with Crippen LogP contribution >= 0.6 is 11.6 Å². The molecule has 1 amide bonds. The minimum Gasteiger partial charge on any atom is -0.355 e. The van der Waals surface area contributed by atoms with E-state index in [1.165, 1.54) is 12.1 Å². The topological polar surface area (TPSA) is 29.1 Å². The number of nitrogens with one attached hydrogen (secondary N) is 1. The summed E-state index contributed by atoms with van der Waals surface area (Å²) in [5, 5.41) is 2.27. The van der Waals surface area contributed by atoms with E-state index in [1.807, 2.05) is 0 Å². The third-order valence-corrected chi connectivity index (χ3v) is 3.07. The normalized spacial score (nSPS) is 20.5. The van der Waals surface area contributed by atoms with E-state index in [-0.39, 0.29) is 23.3 Å². The molecule has 2 nitrogen and oxygen atoms in total. The highest BCUT2D eigenvalue weighted by atomic mass is 35.5. The van der Waals surface area contributed by atoms with Crippen molar-refractivity contribution in [3.05, 3.63) is 34.3 Å². The first-order chi connectivity index (χ1) is 7.88. The van der Waals surface area contributed by atoms with Gasteiger partial charge in [0.2, 0.25) is 5.91 Å². The maximum absolute atomic E-state index is 12.6. The van der Waals surface area contributed by atoms with Crippen LogP contribution in [0.5, 0.6) is 0 Å². The summed E-state index contributed by atoms with van der Waals surface area (Å²) in [6.45, 7) is 0.373. The molecule has 0 saturated carbocycles. The smallest absolute Gasteiger partial charge is 0.355 e. The lowest BCUT2D eigenvalue weighted by molar-refractivity contribution is -0.137. The number of hydrogen-bond donors (Lipinski definition) is 1. The molecule has 1 fully saturated rings. The second-order valence-corrected chi connectivity index (χ2v) is 4.35. The Morgan fingerprint density at radius 2 is 2.06 bits per heavy atom. The van der Waals surface area contributed by atoms with E-state index in [2.05, 4.69) is 5.32 Å². The van der Waals surface area contributed by atoms with Crippen molar-refractivity contribution >= 4 is 17.5 Å². The van der Waals surface area contributed by atoms with Crippen LogP contribution in [0.15, 0.2) is 18.2 Å². The summed E-state index contributed by atoms with van der Waals surface area (Å²) in [7, 11) is 0. The predicted octanol–water partition coefficient (Wildman–Crippen LogP) is 2.96. The lowest BCUT2D eigenvalue weighted by Crippen LogP contribution is -2.13. The van der Waals surface area contributed by atoms with Crippen molar-refractivity contribution < 1.29 is 18.0 Å². The standard InChI is InChI=1S/C11H9ClF3NO/c12-9-2-1-6(3-8(9)11(13,14)15)7-4-10(17)16-5-7/h1-3,7H,4-5H2,(H,16,17)/t7-/m0/s1. The molecule has 1 aliphatic heterocycles. The molecule has 0 aromatic heterocycles. The molecule has 1 aliphatic rings. The Morgan fingerprint density at radius 1 is 1.35 bits per heavy atom. The van der Waals surface area contributed by atoms with Gasteiger partial charge in [0, 0.05) is 18.9 Å². The molecular formula is C11H9ClF3NO. The van der Waals surface area contributed by atoms with Crippen molar-refractivity contribution in [2.45, 2.75) is 18.5 Å². The number of rotatable bonds is 1. The Bertz CT molecular complexity index is 459. The molecule has 2 rings (SSSR count). The van der Waals surface area contributed by atoms with E-state index < -0.39 is 11.7 Å². The van der Waals surface area contributed by atoms with Crippen LogP contribution in [0.25, 0.3) is 0 Å². The van der Waals surface area contributed by atoms with Crippen molar-refractivity contribution in [3.63, 3.8) is 0 Å². The number of carbonyl (C=O) groups excluding carboxylic acids is 1. The number of carbonyl (C=O) groups is 1. The summed E-state index contributed by atoms with van der Waals surface area (Å²) in [6, 6.07) is 3.78. The summed E-state index contributed by atoms with van der Waals surface area (Å²) in [4.78, 5) is 11.0. The van der Waals surface area contributed by atoms with Gasteiger partial charge < -0.3 is 5.32 Å². The van der Waals surface area contributed by atoms with E-state index in [9.17, 15) is 18.0 Å². The summed E-state index contributed by atoms with van der Waals surface area (Å²) < 4.78 is 37.9. The lowest BCUT2D eigenvalue weighted by atomic mass is 9.96. The highest BCUT2D eigenvalue weighted by Gasteiger charge is 2.34. The van der Waals surface area contributed by atoms with Crippen molar-refractivity contribution in [1.29, 1.82) is 0 Å². The largest absolute Gasteiger partial charge is 0.417 e. The monoisotopic (exact) mass is 263 g/mol. The molecule has 1 aromatic rings. The van der Waals surface area contributed by atoms with Gasteiger partial charge in [0.25, 0.3) is 0 Å². The van der Waals surface area contributed by atoms with Crippen LogP contribution in [0.4, 0.5) is 13.2 Å². The van der Waals surface area contributed by atoms with Gasteiger partial charge in [-0.25, -0.2) is 0 Å². The highest BCUT2D eigenvalue weighted by molar-refractivity contribution is 6.31. The predicted molar refractivity (Wildman–Crippen MR) is 56.8 cm³/mol. The van der Waals surface area contributed by atoms with Gasteiger partial charge in [-0.1, -0.05) is 17.7 Å². The molecule has 0 unspecified atom stereocenters. The molecule has 6 heteroatoms. The Morgan fingerprint density at radius 3 is 2.59 bits per heavy atom. The maximum atomic E-state index is 12.6. The molecule has 1 aromatic carbocycles. The van der Waals surface area contributed by atoms with Crippen LogP contribution in [0, 0.1) is 0 Å². The fourth-order valence-corrected chi connectivity index (χ4v) is 2.08. The molecule has 1 N–H and O–H groups in total. The highest BCUT2D eigenvalue weighted by Crippen LogP contribution is 2.37. The summed E-state index contributed by atoms with van der Waals surface area (Å²) in [5.41, 5.74) is -0.365. The van der Waals surface area contributed by atoms with Crippen molar-refractivity contribution in [3.8, 4) is 0 Å². The Kier molecular flexibility index (Phi) is 3.03. The van der Waals surface area contributed by atoms with Gasteiger partial charge in [-0.15, -0.1) is 0 Å². The molecule has 1 atom stereocenters. The average molecular weight is 264 g/mol. The van der Waals surface area contributed by atoms with Gasteiger partial charge in [0.05, 0.1) is 10.6 Å². The molecule has 0 spiro atoms. The molecule has 0 aliphatic carbocycles. The molecule has 1 saturated heterocycles. The van der Waals surface area contributed by atoms with E-state index in [1.54, 1.807) is 0 Å². The fourth-order valence-electron chi connectivity index (χ4n) is 1.85. The molecule has 0 bridgehead atoms. The van der Waals surface area contributed by atoms with E-state index in [0.29, 0.717) is 12.1 Å². The fraction of sp³-hybridized carbons (Fsp3) is 0.364. The zero-order valence-electron chi connectivity index (χ0n) is 8.64. The van der Waals surface area contributed by atoms with Gasteiger partial charge in [0.1, 0.15) is 0 Å². The zero-order chi connectivity index (χ0) is 12.6. The first-order valence-corrected chi connectivity index (χ1v) is 5.39. The molecule has 1 heterocycles. The van der Waals surface area contributed by atoms with Crippen LogP contribution < -0.4 is 5.32 Å². The van der Waals surface area contributed by atoms with E-state index in [4.69, 9.17) is 11.6 Å². The molecule has 0 radical (unpaired) electrons. The summed E-state index contributed by atoms with van der Waals surface area (Å²) in [5.74, 6) is -0.348. The summed E-state index contributed by atoms with van der Waals surface area (Å²) >= 11 is 5.51. The minimum absolute atomic E-state index is 0.140. The number of hydrogen-bond acceptors (Lipinski definition) is 1. The number of alkyl halides is 3. The van der Waals surface area contributed by atoms with E-state index in [0.717, 1.165) is 6.07 Å². The third kappa shape index (κ3) is 2.54. The van der Waals surface area contributed by atoms with Crippen LogP contribution in [0.3, 0.4) is 0 Å². The number of halogens is 4. The maximum Gasteiger partial charge on any atom is 0.417 e. The molecule has 17 heavy (non-hydrogen) atoms. The zero-order valence-corrected chi connectivity index (χ0v) is 9.40. The summed E-state index contributed by atoms with van der Waals surface area (Å²) in [6.07, 6.45) is -4.25. The second-order valence-electron chi connectivity index (χ2n) is 3.94. The third-order valence-electron chi connectivity index (χ3n) is 2.74. The van der Waals surface area contributed by atoms with Crippen LogP contribution in [-0.4, -0.2) is 12.5 Å². The van der Waals surface area contributed by atoms with Crippen LogP contribution in [-0.2, 0) is 11.0 Å². The quantitative estimate of drug-likeness (QED) is 0.829. The van der Waals surface area contributed by atoms with Gasteiger partial charge in [0.15, 0.2) is 0 Å². The molecule has 92 valence electrons. The van der Waals surface area contributed by atoms with E-state index >= 15 is 0 Å². The number of benzene rings is 1. The first kappa shape index (κ1) is 12.2. The van der Waals surface area contributed by atoms with Gasteiger partial charge in [-0.05, 0) is 17.7 Å². The molecular weight excluding hydrogens is 255 g/mol. The minimum atomic E-state index is -4.47. The van der Waals surface area contributed by atoms with Gasteiger partial charge in [-0.3, -0.25) is 4.79 Å². The average Bonchev–Trinajstić information content (AvgIpc) is 2.64. The van der Waals surface area contributed by atoms with Crippen molar-refractivity contribution in [2.75, 3.05) is 6.54 Å². The van der Waals surface area contributed by atoms with Gasteiger partial charge >= 0.3 is 6.18 Å². The number of amides is 1. The van der Waals surface area contributed by atoms with Crippen molar-refractivity contribution in [2.24, 2.45) is 0 Å². The Labute approximate surface area is 101 Å². The van der Waals surface area contributed by atoms with Crippen molar-refractivity contribution in [1.82, 2.24) is 5.32 Å². The van der Waals surface area contributed by atoms with Gasteiger partial charge in [-0.2, -0.15) is 13.2 Å². The SMILES string of the molecule is O=C1C[C@H](c2ccc(Cl)c(C(F)(F)F)c2)CN1. The first-order valence-electron chi connectivity index (χ1n) is 5.01. The Hall–Kier alpha value is -1.23. The van der Waals surface area contributed by atoms with Crippen LogP contribution in [0.2, 0.25) is 5.02 Å². The second kappa shape index (κ2) is 4.22.